The van der Waals surface area contributed by atoms with E-state index in [-0.39, 0.29) is 0 Å². The Morgan fingerprint density at radius 3 is 2.58 bits per heavy atom. The van der Waals surface area contributed by atoms with Crippen LogP contribution in [0.3, 0.4) is 0 Å². The Balaban J connectivity index is 2.69. The van der Waals surface area contributed by atoms with Crippen molar-refractivity contribution in [1.29, 1.82) is 0 Å². The Morgan fingerprint density at radius 1 is 1.26 bits per heavy atom. The lowest BCUT2D eigenvalue weighted by molar-refractivity contribution is 0.229. The molecular formula is C16H30N2S. The summed E-state index contributed by atoms with van der Waals surface area (Å²) >= 11 is 1.83. The summed E-state index contributed by atoms with van der Waals surface area (Å²) in [5, 5.41) is 7.13. The van der Waals surface area contributed by atoms with Crippen LogP contribution in [0.4, 0.5) is 0 Å². The van der Waals surface area contributed by atoms with E-state index >= 15 is 0 Å². The molecule has 0 spiro atoms. The van der Waals surface area contributed by atoms with Crippen molar-refractivity contribution in [1.82, 2.24) is 10.3 Å². The smallest absolute Gasteiger partial charge is 0.0934 e. The van der Waals surface area contributed by atoms with Gasteiger partial charge in [0.15, 0.2) is 0 Å². The van der Waals surface area contributed by atoms with Gasteiger partial charge in [0.1, 0.15) is 0 Å². The van der Waals surface area contributed by atoms with Gasteiger partial charge in [0.2, 0.25) is 0 Å². The van der Waals surface area contributed by atoms with E-state index < -0.39 is 0 Å². The quantitative estimate of drug-likeness (QED) is 0.635. The molecule has 0 saturated carbocycles. The summed E-state index contributed by atoms with van der Waals surface area (Å²) < 4.78 is 0. The summed E-state index contributed by atoms with van der Waals surface area (Å²) in [5.74, 6) is 0. The minimum absolute atomic E-state index is 0.398. The molecule has 19 heavy (non-hydrogen) atoms. The van der Waals surface area contributed by atoms with E-state index in [2.05, 4.69) is 43.4 Å². The van der Waals surface area contributed by atoms with Crippen molar-refractivity contribution < 1.29 is 0 Å². The van der Waals surface area contributed by atoms with Gasteiger partial charge in [0.05, 0.1) is 5.01 Å². The van der Waals surface area contributed by atoms with Crippen LogP contribution in [0.1, 0.15) is 63.6 Å². The molecular weight excluding hydrogens is 252 g/mol. The first-order valence-corrected chi connectivity index (χ1v) is 8.65. The summed E-state index contributed by atoms with van der Waals surface area (Å²) in [6.45, 7) is 11.2. The van der Waals surface area contributed by atoms with Crippen molar-refractivity contribution in [2.75, 3.05) is 13.1 Å². The fourth-order valence-corrected chi connectivity index (χ4v) is 3.50. The molecule has 3 heteroatoms. The molecule has 0 amide bonds. The third-order valence-corrected chi connectivity index (χ3v) is 4.90. The molecule has 1 aromatic rings. The van der Waals surface area contributed by atoms with Gasteiger partial charge in [-0.05, 0) is 38.1 Å². The summed E-state index contributed by atoms with van der Waals surface area (Å²) in [4.78, 5) is 4.67. The first-order valence-electron chi connectivity index (χ1n) is 7.77. The Hall–Kier alpha value is -0.410. The second kappa shape index (κ2) is 8.70. The molecule has 0 aromatic carbocycles. The number of unbranched alkanes of at least 4 members (excludes halogenated alkanes) is 1. The third kappa shape index (κ3) is 5.62. The highest BCUT2D eigenvalue weighted by atomic mass is 32.1. The van der Waals surface area contributed by atoms with Crippen LogP contribution in [0.5, 0.6) is 0 Å². The molecule has 0 saturated heterocycles. The third-order valence-electron chi connectivity index (χ3n) is 3.93. The van der Waals surface area contributed by atoms with Crippen LogP contribution in [0, 0.1) is 12.3 Å². The zero-order valence-electron chi connectivity index (χ0n) is 13.1. The lowest BCUT2D eigenvalue weighted by atomic mass is 9.77. The average Bonchev–Trinajstić information content (AvgIpc) is 2.81. The zero-order valence-corrected chi connectivity index (χ0v) is 13.9. The zero-order chi connectivity index (χ0) is 14.1. The largest absolute Gasteiger partial charge is 0.316 e. The predicted octanol–water partition coefficient (Wildman–Crippen LogP) is 4.58. The van der Waals surface area contributed by atoms with Crippen LogP contribution in [0.15, 0.2) is 5.38 Å². The van der Waals surface area contributed by atoms with E-state index in [0.717, 1.165) is 19.5 Å². The number of nitrogens with one attached hydrogen (secondary N) is 1. The maximum atomic E-state index is 4.67. The van der Waals surface area contributed by atoms with E-state index in [1.54, 1.807) is 0 Å². The highest BCUT2D eigenvalue weighted by molar-refractivity contribution is 7.09. The SMILES string of the molecule is CCCCC(CC)(CNCCC)Cc1nc(C)cs1. The lowest BCUT2D eigenvalue weighted by Crippen LogP contribution is -2.36. The highest BCUT2D eigenvalue weighted by Crippen LogP contribution is 2.33. The maximum Gasteiger partial charge on any atom is 0.0934 e. The molecule has 0 aliphatic carbocycles. The number of hydrogen-bond donors (Lipinski definition) is 1. The monoisotopic (exact) mass is 282 g/mol. The van der Waals surface area contributed by atoms with Crippen molar-refractivity contribution in [3.05, 3.63) is 16.1 Å². The molecule has 1 aromatic heterocycles. The lowest BCUT2D eigenvalue weighted by Gasteiger charge is -2.32. The normalized spacial score (nSPS) is 14.5. The van der Waals surface area contributed by atoms with Crippen LogP contribution >= 0.6 is 11.3 Å². The molecule has 2 nitrogen and oxygen atoms in total. The summed E-state index contributed by atoms with van der Waals surface area (Å²) in [7, 11) is 0. The first-order chi connectivity index (χ1) is 9.15. The molecule has 1 heterocycles. The summed E-state index contributed by atoms with van der Waals surface area (Å²) in [6.07, 6.45) is 7.51. The van der Waals surface area contributed by atoms with Gasteiger partial charge in [-0.2, -0.15) is 0 Å². The van der Waals surface area contributed by atoms with Gasteiger partial charge >= 0.3 is 0 Å². The van der Waals surface area contributed by atoms with Gasteiger partial charge in [-0.15, -0.1) is 11.3 Å². The molecule has 1 unspecified atom stereocenters. The number of aryl methyl sites for hydroxylation is 1. The molecule has 1 atom stereocenters. The number of nitrogens with zero attached hydrogens (tertiary/aromatic N) is 1. The van der Waals surface area contributed by atoms with Crippen molar-refractivity contribution >= 4 is 11.3 Å². The van der Waals surface area contributed by atoms with Crippen LogP contribution < -0.4 is 5.32 Å². The van der Waals surface area contributed by atoms with Gasteiger partial charge in [-0.3, -0.25) is 0 Å². The molecule has 0 bridgehead atoms. The van der Waals surface area contributed by atoms with Gasteiger partial charge in [0, 0.05) is 24.0 Å². The molecule has 1 rings (SSSR count). The molecule has 110 valence electrons. The van der Waals surface area contributed by atoms with Gasteiger partial charge < -0.3 is 5.32 Å². The van der Waals surface area contributed by atoms with Crippen LogP contribution in [0.25, 0.3) is 0 Å². The second-order valence-electron chi connectivity index (χ2n) is 5.69. The fraction of sp³-hybridized carbons (Fsp3) is 0.812. The van der Waals surface area contributed by atoms with Crippen molar-refractivity contribution in [3.8, 4) is 0 Å². The predicted molar refractivity (Wildman–Crippen MR) is 86.0 cm³/mol. The van der Waals surface area contributed by atoms with Crippen LogP contribution in [0.2, 0.25) is 0 Å². The topological polar surface area (TPSA) is 24.9 Å². The standard InChI is InChI=1S/C16H30N2S/c1-5-8-9-16(7-3,13-17-10-6-2)11-15-18-14(4)12-19-15/h12,17H,5-11,13H2,1-4H3. The highest BCUT2D eigenvalue weighted by Gasteiger charge is 2.28. The molecule has 1 N–H and O–H groups in total. The Kier molecular flexibility index (Phi) is 7.62. The van der Waals surface area contributed by atoms with Crippen LogP contribution in [-0.4, -0.2) is 18.1 Å². The van der Waals surface area contributed by atoms with E-state index in [4.69, 9.17) is 0 Å². The summed E-state index contributed by atoms with van der Waals surface area (Å²) in [5.41, 5.74) is 1.57. The second-order valence-corrected chi connectivity index (χ2v) is 6.64. The Morgan fingerprint density at radius 2 is 2.05 bits per heavy atom. The van der Waals surface area contributed by atoms with Crippen LogP contribution in [-0.2, 0) is 6.42 Å². The number of aromatic nitrogens is 1. The number of thiazole rings is 1. The van der Waals surface area contributed by atoms with E-state index in [0.29, 0.717) is 5.41 Å². The molecule has 0 radical (unpaired) electrons. The molecule has 0 aliphatic rings. The van der Waals surface area contributed by atoms with Gasteiger partial charge in [-0.25, -0.2) is 4.98 Å². The minimum atomic E-state index is 0.398. The van der Waals surface area contributed by atoms with Crippen molar-refractivity contribution in [3.63, 3.8) is 0 Å². The minimum Gasteiger partial charge on any atom is -0.316 e. The number of rotatable bonds is 10. The fourth-order valence-electron chi connectivity index (χ4n) is 2.55. The maximum absolute atomic E-state index is 4.67. The van der Waals surface area contributed by atoms with Gasteiger partial charge in [0.25, 0.3) is 0 Å². The first kappa shape index (κ1) is 16.6. The summed E-state index contributed by atoms with van der Waals surface area (Å²) in [6, 6.07) is 0. The van der Waals surface area contributed by atoms with E-state index in [1.807, 2.05) is 11.3 Å². The molecule has 0 aliphatic heterocycles. The van der Waals surface area contributed by atoms with Crippen molar-refractivity contribution in [2.24, 2.45) is 5.41 Å². The number of hydrogen-bond acceptors (Lipinski definition) is 3. The van der Waals surface area contributed by atoms with E-state index in [1.165, 1.54) is 42.8 Å². The Bertz CT molecular complexity index is 348. The van der Waals surface area contributed by atoms with E-state index in [9.17, 15) is 0 Å². The molecule has 0 fully saturated rings. The van der Waals surface area contributed by atoms with Gasteiger partial charge in [-0.1, -0.05) is 33.6 Å². The average molecular weight is 282 g/mol. The Labute approximate surface area is 123 Å². The van der Waals surface area contributed by atoms with Crippen molar-refractivity contribution in [2.45, 2.75) is 66.2 Å².